The van der Waals surface area contributed by atoms with Crippen LogP contribution in [0, 0.1) is 0 Å². The first-order valence-electron chi connectivity index (χ1n) is 4.45. The fourth-order valence-electron chi connectivity index (χ4n) is 1.73. The van der Waals surface area contributed by atoms with Gasteiger partial charge in [0.05, 0.1) is 19.1 Å². The number of rotatable bonds is 2. The van der Waals surface area contributed by atoms with Crippen LogP contribution in [0.2, 0.25) is 0 Å². The Morgan fingerprint density at radius 3 is 2.50 bits per heavy atom. The van der Waals surface area contributed by atoms with Gasteiger partial charge in [0, 0.05) is 0 Å². The predicted octanol–water partition coefficient (Wildman–Crippen LogP) is 1.24. The maximum absolute atomic E-state index is 10.9. The van der Waals surface area contributed by atoms with Crippen molar-refractivity contribution >= 4 is 5.97 Å². The van der Waals surface area contributed by atoms with Crippen LogP contribution in [0.1, 0.15) is 38.5 Å². The minimum atomic E-state index is -0.772. The van der Waals surface area contributed by atoms with Crippen molar-refractivity contribution in [3.05, 3.63) is 0 Å². The van der Waals surface area contributed by atoms with Crippen molar-refractivity contribution in [1.29, 1.82) is 0 Å². The van der Waals surface area contributed by atoms with Crippen LogP contribution < -0.4 is 0 Å². The molecule has 0 atom stereocenters. The Labute approximate surface area is 72.7 Å². The normalized spacial score (nSPS) is 21.8. The predicted molar refractivity (Wildman–Crippen MR) is 44.7 cm³/mol. The summed E-state index contributed by atoms with van der Waals surface area (Å²) in [6, 6.07) is 0. The van der Waals surface area contributed by atoms with E-state index in [9.17, 15) is 9.90 Å². The molecule has 0 unspecified atom stereocenters. The molecule has 12 heavy (non-hydrogen) atoms. The van der Waals surface area contributed by atoms with Gasteiger partial charge < -0.3 is 9.84 Å². The molecule has 0 heterocycles. The largest absolute Gasteiger partial charge is 0.469 e. The van der Waals surface area contributed by atoms with Crippen LogP contribution in [0.3, 0.4) is 0 Å². The van der Waals surface area contributed by atoms with Crippen LogP contribution in [0.4, 0.5) is 0 Å². The number of hydrogen-bond donors (Lipinski definition) is 1. The lowest BCUT2D eigenvalue weighted by molar-refractivity contribution is -0.147. The average molecular weight is 172 g/mol. The Morgan fingerprint density at radius 1 is 1.42 bits per heavy atom. The molecule has 70 valence electrons. The Morgan fingerprint density at radius 2 is 2.00 bits per heavy atom. The van der Waals surface area contributed by atoms with E-state index in [1.54, 1.807) is 0 Å². The highest BCUT2D eigenvalue weighted by Gasteiger charge is 2.31. The maximum Gasteiger partial charge on any atom is 0.308 e. The van der Waals surface area contributed by atoms with E-state index in [4.69, 9.17) is 0 Å². The van der Waals surface area contributed by atoms with Crippen molar-refractivity contribution in [2.75, 3.05) is 7.11 Å². The quantitative estimate of drug-likeness (QED) is 0.637. The Hall–Kier alpha value is -0.570. The van der Waals surface area contributed by atoms with Gasteiger partial charge in [-0.25, -0.2) is 0 Å². The molecule has 1 fully saturated rings. The summed E-state index contributed by atoms with van der Waals surface area (Å²) in [5.41, 5.74) is -0.772. The highest BCUT2D eigenvalue weighted by molar-refractivity contribution is 5.70. The number of esters is 1. The lowest BCUT2D eigenvalue weighted by atomic mass is 9.82. The molecule has 3 heteroatoms. The smallest absolute Gasteiger partial charge is 0.308 e. The molecule has 0 aromatic carbocycles. The van der Waals surface area contributed by atoms with Gasteiger partial charge in [0.25, 0.3) is 0 Å². The molecule has 1 aliphatic carbocycles. The van der Waals surface area contributed by atoms with E-state index in [2.05, 4.69) is 4.74 Å². The van der Waals surface area contributed by atoms with Gasteiger partial charge in [-0.05, 0) is 12.8 Å². The molecule has 1 rings (SSSR count). The van der Waals surface area contributed by atoms with E-state index >= 15 is 0 Å². The SMILES string of the molecule is COC(=O)CC1(O)CCCCC1. The molecule has 0 aliphatic heterocycles. The lowest BCUT2D eigenvalue weighted by Crippen LogP contribution is -2.34. The molecule has 0 saturated heterocycles. The van der Waals surface area contributed by atoms with Crippen LogP contribution in [0.15, 0.2) is 0 Å². The summed E-state index contributed by atoms with van der Waals surface area (Å²) in [6.45, 7) is 0. The minimum absolute atomic E-state index is 0.156. The zero-order valence-electron chi connectivity index (χ0n) is 7.51. The van der Waals surface area contributed by atoms with Gasteiger partial charge in [-0.2, -0.15) is 0 Å². The first-order chi connectivity index (χ1) is 5.66. The van der Waals surface area contributed by atoms with Crippen molar-refractivity contribution in [1.82, 2.24) is 0 Å². The van der Waals surface area contributed by atoms with Crippen LogP contribution in [-0.4, -0.2) is 23.8 Å². The van der Waals surface area contributed by atoms with Crippen molar-refractivity contribution in [3.63, 3.8) is 0 Å². The van der Waals surface area contributed by atoms with Gasteiger partial charge in [0.2, 0.25) is 0 Å². The van der Waals surface area contributed by atoms with Crippen LogP contribution >= 0.6 is 0 Å². The van der Waals surface area contributed by atoms with E-state index in [1.165, 1.54) is 13.5 Å². The summed E-state index contributed by atoms with van der Waals surface area (Å²) in [6.07, 6.45) is 4.85. The molecule has 1 saturated carbocycles. The zero-order chi connectivity index (χ0) is 9.03. The third-order valence-corrected chi connectivity index (χ3v) is 2.49. The number of ether oxygens (including phenoxy) is 1. The number of hydrogen-bond acceptors (Lipinski definition) is 3. The van der Waals surface area contributed by atoms with Gasteiger partial charge in [0.1, 0.15) is 0 Å². The van der Waals surface area contributed by atoms with E-state index in [0.29, 0.717) is 0 Å². The van der Waals surface area contributed by atoms with Gasteiger partial charge >= 0.3 is 5.97 Å². The molecule has 0 amide bonds. The average Bonchev–Trinajstić information content (AvgIpc) is 2.05. The van der Waals surface area contributed by atoms with Crippen LogP contribution in [0.25, 0.3) is 0 Å². The highest BCUT2D eigenvalue weighted by atomic mass is 16.5. The minimum Gasteiger partial charge on any atom is -0.469 e. The molecule has 3 nitrogen and oxygen atoms in total. The van der Waals surface area contributed by atoms with E-state index in [0.717, 1.165) is 25.7 Å². The van der Waals surface area contributed by atoms with Crippen molar-refractivity contribution < 1.29 is 14.6 Å². The van der Waals surface area contributed by atoms with Crippen molar-refractivity contribution in [2.24, 2.45) is 0 Å². The first kappa shape index (κ1) is 9.52. The second-order valence-corrected chi connectivity index (χ2v) is 3.54. The lowest BCUT2D eigenvalue weighted by Gasteiger charge is -2.30. The summed E-state index contributed by atoms with van der Waals surface area (Å²) in [4.78, 5) is 10.9. The van der Waals surface area contributed by atoms with E-state index in [1.807, 2.05) is 0 Å². The van der Waals surface area contributed by atoms with Gasteiger partial charge in [-0.15, -0.1) is 0 Å². The molecular formula is C9H16O3. The summed E-state index contributed by atoms with van der Waals surface area (Å²) in [7, 11) is 1.36. The molecule has 0 radical (unpaired) electrons. The Bertz CT molecular complexity index is 159. The van der Waals surface area contributed by atoms with Crippen molar-refractivity contribution in [2.45, 2.75) is 44.1 Å². The van der Waals surface area contributed by atoms with E-state index in [-0.39, 0.29) is 12.4 Å². The zero-order valence-corrected chi connectivity index (χ0v) is 7.51. The monoisotopic (exact) mass is 172 g/mol. The first-order valence-corrected chi connectivity index (χ1v) is 4.45. The van der Waals surface area contributed by atoms with E-state index < -0.39 is 5.60 Å². The summed E-state index contributed by atoms with van der Waals surface area (Å²) >= 11 is 0. The fourth-order valence-corrected chi connectivity index (χ4v) is 1.73. The Balaban J connectivity index is 2.41. The highest BCUT2D eigenvalue weighted by Crippen LogP contribution is 2.30. The third-order valence-electron chi connectivity index (χ3n) is 2.49. The molecule has 1 N–H and O–H groups in total. The van der Waals surface area contributed by atoms with Crippen LogP contribution in [-0.2, 0) is 9.53 Å². The van der Waals surface area contributed by atoms with Crippen molar-refractivity contribution in [3.8, 4) is 0 Å². The molecule has 0 bridgehead atoms. The summed E-state index contributed by atoms with van der Waals surface area (Å²) in [5.74, 6) is -0.306. The maximum atomic E-state index is 10.9. The third kappa shape index (κ3) is 2.48. The van der Waals surface area contributed by atoms with Crippen LogP contribution in [0.5, 0.6) is 0 Å². The molecule has 0 aromatic heterocycles. The standard InChI is InChI=1S/C9H16O3/c1-12-8(10)7-9(11)5-3-2-4-6-9/h11H,2-7H2,1H3. The topological polar surface area (TPSA) is 46.5 Å². The number of carbonyl (C=O) groups is 1. The van der Waals surface area contributed by atoms with Gasteiger partial charge in [0.15, 0.2) is 0 Å². The molecule has 0 aromatic rings. The number of carbonyl (C=O) groups excluding carboxylic acids is 1. The second-order valence-electron chi connectivity index (χ2n) is 3.54. The molecule has 0 spiro atoms. The summed E-state index contributed by atoms with van der Waals surface area (Å²) < 4.78 is 4.52. The van der Waals surface area contributed by atoms with Gasteiger partial charge in [-0.3, -0.25) is 4.79 Å². The Kier molecular flexibility index (Phi) is 3.09. The fraction of sp³-hybridized carbons (Fsp3) is 0.889. The molecule has 1 aliphatic rings. The molecular weight excluding hydrogens is 156 g/mol. The van der Waals surface area contributed by atoms with Gasteiger partial charge in [-0.1, -0.05) is 19.3 Å². The number of aliphatic hydroxyl groups is 1. The number of methoxy groups -OCH3 is 1. The second kappa shape index (κ2) is 3.90. The summed E-state index contributed by atoms with van der Waals surface area (Å²) in [5, 5.41) is 9.87.